The Morgan fingerprint density at radius 2 is 1.37 bits per heavy atom. The average Bonchev–Trinajstić information content (AvgIpc) is 2.78. The molecule has 162 valence electrons. The van der Waals surface area contributed by atoms with E-state index in [9.17, 15) is 8.78 Å². The van der Waals surface area contributed by atoms with Crippen molar-refractivity contribution >= 4 is 0 Å². The van der Waals surface area contributed by atoms with E-state index in [1.165, 1.54) is 50.1 Å². The molecular formula is C25H33F2N3. The molecule has 2 aromatic rings. The topological polar surface area (TPSA) is 9.72 Å². The summed E-state index contributed by atoms with van der Waals surface area (Å²) < 4.78 is 27.0. The largest absolute Gasteiger partial charge is 0.299 e. The van der Waals surface area contributed by atoms with Crippen molar-refractivity contribution in [3.63, 3.8) is 0 Å². The standard InChI is InChI=1S/C25H33F2N3/c1-2-29-14-4-3-5-24(29)19-28-15-17-30(18-16-28)25(20-6-10-22(26)11-7-20)21-8-12-23(27)13-9-21/h6-13,24-25H,2-5,14-19H2,1H3/t24-/m0/s1. The summed E-state index contributed by atoms with van der Waals surface area (Å²) in [5.74, 6) is -0.455. The Kier molecular flexibility index (Phi) is 7.13. The summed E-state index contributed by atoms with van der Waals surface area (Å²) in [5, 5.41) is 0. The first-order valence-electron chi connectivity index (χ1n) is 11.4. The van der Waals surface area contributed by atoms with Crippen molar-refractivity contribution in [1.82, 2.24) is 14.7 Å². The van der Waals surface area contributed by atoms with Crippen LogP contribution >= 0.6 is 0 Å². The van der Waals surface area contributed by atoms with E-state index in [-0.39, 0.29) is 17.7 Å². The Morgan fingerprint density at radius 3 is 1.90 bits per heavy atom. The lowest BCUT2D eigenvalue weighted by Crippen LogP contribution is -2.53. The maximum atomic E-state index is 13.5. The van der Waals surface area contributed by atoms with E-state index in [4.69, 9.17) is 0 Å². The van der Waals surface area contributed by atoms with Gasteiger partial charge in [0.25, 0.3) is 0 Å². The first kappa shape index (κ1) is 21.4. The highest BCUT2D eigenvalue weighted by atomic mass is 19.1. The summed E-state index contributed by atoms with van der Waals surface area (Å²) in [7, 11) is 0. The minimum atomic E-state index is -0.227. The second kappa shape index (κ2) is 9.99. The zero-order valence-corrected chi connectivity index (χ0v) is 17.9. The summed E-state index contributed by atoms with van der Waals surface area (Å²) in [4.78, 5) is 7.69. The molecular weight excluding hydrogens is 380 g/mol. The molecule has 1 atom stereocenters. The molecule has 2 saturated heterocycles. The second-order valence-corrected chi connectivity index (χ2v) is 8.62. The van der Waals surface area contributed by atoms with Gasteiger partial charge in [0.05, 0.1) is 6.04 Å². The van der Waals surface area contributed by atoms with Crippen LogP contribution in [0.1, 0.15) is 43.4 Å². The second-order valence-electron chi connectivity index (χ2n) is 8.62. The molecule has 0 radical (unpaired) electrons. The zero-order valence-electron chi connectivity index (χ0n) is 17.9. The number of nitrogens with zero attached hydrogens (tertiary/aromatic N) is 3. The number of hydrogen-bond donors (Lipinski definition) is 0. The smallest absolute Gasteiger partial charge is 0.123 e. The molecule has 2 fully saturated rings. The fourth-order valence-corrected chi connectivity index (χ4v) is 5.09. The van der Waals surface area contributed by atoms with Gasteiger partial charge >= 0.3 is 0 Å². The number of piperidine rings is 1. The number of rotatable bonds is 6. The van der Waals surface area contributed by atoms with Gasteiger partial charge in [0.15, 0.2) is 0 Å². The summed E-state index contributed by atoms with van der Waals surface area (Å²) in [6.45, 7) is 9.78. The third-order valence-corrected chi connectivity index (χ3v) is 6.77. The van der Waals surface area contributed by atoms with E-state index in [1.807, 2.05) is 24.3 Å². The first-order valence-corrected chi connectivity index (χ1v) is 11.4. The van der Waals surface area contributed by atoms with Crippen LogP contribution in [0.4, 0.5) is 8.78 Å². The van der Waals surface area contributed by atoms with Crippen LogP contribution < -0.4 is 0 Å². The predicted molar refractivity (Wildman–Crippen MR) is 118 cm³/mol. The lowest BCUT2D eigenvalue weighted by Gasteiger charge is -2.43. The lowest BCUT2D eigenvalue weighted by atomic mass is 9.96. The Hall–Kier alpha value is -1.82. The number of halogens is 2. The fraction of sp³-hybridized carbons (Fsp3) is 0.520. The summed E-state index contributed by atoms with van der Waals surface area (Å²) >= 11 is 0. The highest BCUT2D eigenvalue weighted by molar-refractivity contribution is 5.32. The van der Waals surface area contributed by atoms with Crippen LogP contribution in [0.25, 0.3) is 0 Å². The van der Waals surface area contributed by atoms with E-state index in [0.717, 1.165) is 50.4 Å². The monoisotopic (exact) mass is 413 g/mol. The average molecular weight is 414 g/mol. The maximum absolute atomic E-state index is 13.5. The van der Waals surface area contributed by atoms with Crippen LogP contribution in [0.2, 0.25) is 0 Å². The van der Waals surface area contributed by atoms with Crippen molar-refractivity contribution < 1.29 is 8.78 Å². The van der Waals surface area contributed by atoms with E-state index < -0.39 is 0 Å². The molecule has 30 heavy (non-hydrogen) atoms. The zero-order chi connectivity index (χ0) is 20.9. The predicted octanol–water partition coefficient (Wildman–Crippen LogP) is 4.55. The van der Waals surface area contributed by atoms with Gasteiger partial charge < -0.3 is 0 Å². The number of likely N-dealkylation sites (tertiary alicyclic amines) is 1. The Balaban J connectivity index is 1.45. The van der Waals surface area contributed by atoms with Gasteiger partial charge in [0, 0.05) is 38.8 Å². The third kappa shape index (κ3) is 5.08. The number of benzene rings is 2. The van der Waals surface area contributed by atoms with Crippen molar-refractivity contribution in [1.29, 1.82) is 0 Å². The summed E-state index contributed by atoms with van der Waals surface area (Å²) in [6.07, 6.45) is 3.98. The van der Waals surface area contributed by atoms with E-state index in [1.54, 1.807) is 0 Å². The van der Waals surface area contributed by atoms with Crippen molar-refractivity contribution in [3.05, 3.63) is 71.3 Å². The highest BCUT2D eigenvalue weighted by Crippen LogP contribution is 2.30. The molecule has 0 aromatic heterocycles. The molecule has 0 unspecified atom stereocenters. The quantitative estimate of drug-likeness (QED) is 0.688. The SMILES string of the molecule is CCN1CCCC[C@H]1CN1CCN(C(c2ccc(F)cc2)c2ccc(F)cc2)CC1. The number of likely N-dealkylation sites (N-methyl/N-ethyl adjacent to an activating group) is 1. The van der Waals surface area contributed by atoms with E-state index >= 15 is 0 Å². The van der Waals surface area contributed by atoms with Crippen molar-refractivity contribution in [3.8, 4) is 0 Å². The molecule has 0 saturated carbocycles. The molecule has 5 heteroatoms. The van der Waals surface area contributed by atoms with Gasteiger partial charge in [0.2, 0.25) is 0 Å². The molecule has 0 bridgehead atoms. The van der Waals surface area contributed by atoms with Gasteiger partial charge in [-0.3, -0.25) is 14.7 Å². The maximum Gasteiger partial charge on any atom is 0.123 e. The molecule has 3 nitrogen and oxygen atoms in total. The van der Waals surface area contributed by atoms with Gasteiger partial charge in [-0.1, -0.05) is 37.6 Å². The van der Waals surface area contributed by atoms with Crippen LogP contribution in [-0.2, 0) is 0 Å². The summed E-state index contributed by atoms with van der Waals surface area (Å²) in [6, 6.07) is 14.2. The van der Waals surface area contributed by atoms with Crippen LogP contribution in [0.3, 0.4) is 0 Å². The Labute approximate surface area is 179 Å². The molecule has 2 aliphatic rings. The van der Waals surface area contributed by atoms with Gasteiger partial charge in [-0.25, -0.2) is 8.78 Å². The number of hydrogen-bond acceptors (Lipinski definition) is 3. The van der Waals surface area contributed by atoms with Gasteiger partial charge in [-0.05, 0) is 61.3 Å². The fourth-order valence-electron chi connectivity index (χ4n) is 5.09. The Morgan fingerprint density at radius 1 is 0.800 bits per heavy atom. The van der Waals surface area contributed by atoms with Gasteiger partial charge in [0.1, 0.15) is 11.6 Å². The van der Waals surface area contributed by atoms with Crippen LogP contribution in [0.5, 0.6) is 0 Å². The van der Waals surface area contributed by atoms with E-state index in [2.05, 4.69) is 21.6 Å². The normalized spacial score (nSPS) is 21.9. The molecule has 0 N–H and O–H groups in total. The molecule has 4 rings (SSSR count). The number of piperazine rings is 1. The van der Waals surface area contributed by atoms with Crippen LogP contribution in [-0.4, -0.2) is 66.6 Å². The highest BCUT2D eigenvalue weighted by Gasteiger charge is 2.29. The third-order valence-electron chi connectivity index (χ3n) is 6.77. The molecule has 2 aromatic carbocycles. The van der Waals surface area contributed by atoms with E-state index in [0.29, 0.717) is 6.04 Å². The van der Waals surface area contributed by atoms with Crippen LogP contribution in [0, 0.1) is 11.6 Å². The molecule has 2 aliphatic heterocycles. The van der Waals surface area contributed by atoms with Gasteiger partial charge in [-0.15, -0.1) is 0 Å². The molecule has 2 heterocycles. The summed E-state index contributed by atoms with van der Waals surface area (Å²) in [5.41, 5.74) is 2.11. The van der Waals surface area contributed by atoms with Crippen molar-refractivity contribution in [2.75, 3.05) is 45.8 Å². The molecule has 0 amide bonds. The lowest BCUT2D eigenvalue weighted by molar-refractivity contribution is 0.0651. The van der Waals surface area contributed by atoms with Crippen molar-refractivity contribution in [2.24, 2.45) is 0 Å². The minimum Gasteiger partial charge on any atom is -0.299 e. The Bertz CT molecular complexity index is 740. The van der Waals surface area contributed by atoms with Gasteiger partial charge in [-0.2, -0.15) is 0 Å². The first-order chi connectivity index (χ1) is 14.6. The minimum absolute atomic E-state index is 0.0233. The van der Waals surface area contributed by atoms with Crippen molar-refractivity contribution in [2.45, 2.75) is 38.3 Å². The van der Waals surface area contributed by atoms with Crippen LogP contribution in [0.15, 0.2) is 48.5 Å². The molecule has 0 aliphatic carbocycles. The molecule has 0 spiro atoms.